The molecule has 0 saturated heterocycles. The highest BCUT2D eigenvalue weighted by Gasteiger charge is 2.35. The SMILES string of the molecule is C=CC(O)Nc1ccc(-c2[nH]c3ncnc4c3c2-c2ccc(Oc3ncccn3)c(F)c2CN4C(=O)OC(C)(C)C)cc1. The first-order valence-corrected chi connectivity index (χ1v) is 13.4. The van der Waals surface area contributed by atoms with Gasteiger partial charge in [-0.15, -0.1) is 0 Å². The van der Waals surface area contributed by atoms with Gasteiger partial charge in [0.1, 0.15) is 23.8 Å². The van der Waals surface area contributed by atoms with Crippen LogP contribution in [0.4, 0.5) is 20.7 Å². The molecule has 4 heterocycles. The summed E-state index contributed by atoms with van der Waals surface area (Å²) in [5, 5.41) is 13.3. The van der Waals surface area contributed by atoms with Gasteiger partial charge in [-0.3, -0.25) is 4.90 Å². The molecule has 6 rings (SSSR count). The maximum Gasteiger partial charge on any atom is 0.416 e. The molecule has 43 heavy (non-hydrogen) atoms. The number of carbonyl (C=O) groups is 1. The molecule has 1 amide bonds. The molecule has 0 fully saturated rings. The van der Waals surface area contributed by atoms with E-state index in [0.29, 0.717) is 33.5 Å². The summed E-state index contributed by atoms with van der Waals surface area (Å²) in [4.78, 5) is 35.2. The van der Waals surface area contributed by atoms with Gasteiger partial charge in [0.25, 0.3) is 0 Å². The zero-order chi connectivity index (χ0) is 30.3. The number of aromatic nitrogens is 5. The Bertz CT molecular complexity index is 1840. The van der Waals surface area contributed by atoms with Crippen molar-refractivity contribution in [2.24, 2.45) is 0 Å². The van der Waals surface area contributed by atoms with Crippen molar-refractivity contribution in [2.45, 2.75) is 39.1 Å². The molecule has 1 aliphatic heterocycles. The molecule has 1 unspecified atom stereocenters. The minimum absolute atomic E-state index is 0.0203. The number of hydrogen-bond donors (Lipinski definition) is 3. The van der Waals surface area contributed by atoms with Crippen molar-refractivity contribution in [3.8, 4) is 34.1 Å². The van der Waals surface area contributed by atoms with Crippen LogP contribution in [0.15, 0.2) is 73.8 Å². The van der Waals surface area contributed by atoms with E-state index in [-0.39, 0.29) is 29.7 Å². The molecular formula is C31H28FN7O4. The molecule has 2 aromatic carbocycles. The largest absolute Gasteiger partial charge is 0.443 e. The molecular weight excluding hydrogens is 553 g/mol. The van der Waals surface area contributed by atoms with Gasteiger partial charge in [0.15, 0.2) is 17.4 Å². The van der Waals surface area contributed by atoms with Gasteiger partial charge in [0.2, 0.25) is 0 Å². The lowest BCUT2D eigenvalue weighted by atomic mass is 9.95. The van der Waals surface area contributed by atoms with E-state index in [1.165, 1.54) is 35.8 Å². The van der Waals surface area contributed by atoms with Crippen LogP contribution >= 0.6 is 0 Å². The number of ether oxygens (including phenoxy) is 2. The number of anilines is 2. The van der Waals surface area contributed by atoms with Crippen LogP contribution in [0.25, 0.3) is 33.4 Å². The van der Waals surface area contributed by atoms with Crippen LogP contribution < -0.4 is 15.0 Å². The molecule has 0 bridgehead atoms. The number of nitrogens with one attached hydrogen (secondary N) is 2. The van der Waals surface area contributed by atoms with E-state index in [4.69, 9.17) is 9.47 Å². The number of rotatable bonds is 6. The smallest absolute Gasteiger partial charge is 0.416 e. The Morgan fingerprint density at radius 2 is 1.88 bits per heavy atom. The molecule has 0 aliphatic carbocycles. The number of aliphatic hydroxyl groups is 1. The third-order valence-corrected chi connectivity index (χ3v) is 6.69. The summed E-state index contributed by atoms with van der Waals surface area (Å²) in [5.74, 6) is -0.512. The zero-order valence-electron chi connectivity index (χ0n) is 23.6. The minimum Gasteiger partial charge on any atom is -0.443 e. The number of fused-ring (bicyclic) bond motifs is 2. The second-order valence-corrected chi connectivity index (χ2v) is 10.8. The number of H-pyrrole nitrogens is 1. The van der Waals surface area contributed by atoms with Crippen LogP contribution in [0, 0.1) is 5.82 Å². The third kappa shape index (κ3) is 5.35. The van der Waals surface area contributed by atoms with Gasteiger partial charge in [0.05, 0.1) is 17.6 Å². The third-order valence-electron chi connectivity index (χ3n) is 6.69. The van der Waals surface area contributed by atoms with Crippen molar-refractivity contribution in [2.75, 3.05) is 10.2 Å². The van der Waals surface area contributed by atoms with Crippen LogP contribution in [0.1, 0.15) is 26.3 Å². The number of amides is 1. The van der Waals surface area contributed by atoms with E-state index >= 15 is 4.39 Å². The Hall–Kier alpha value is -5.36. The molecule has 0 radical (unpaired) electrons. The Kier molecular flexibility index (Phi) is 6.98. The van der Waals surface area contributed by atoms with Crippen molar-refractivity contribution in [3.63, 3.8) is 0 Å². The Labute approximate surface area is 246 Å². The molecule has 12 heteroatoms. The van der Waals surface area contributed by atoms with E-state index in [1.807, 2.05) is 12.1 Å². The Balaban J connectivity index is 1.55. The normalized spacial score (nSPS) is 13.2. The van der Waals surface area contributed by atoms with Gasteiger partial charge in [-0.2, -0.15) is 0 Å². The molecule has 1 atom stereocenters. The average molecular weight is 582 g/mol. The number of hydrogen-bond acceptors (Lipinski definition) is 9. The summed E-state index contributed by atoms with van der Waals surface area (Å²) >= 11 is 0. The number of benzene rings is 2. The maximum atomic E-state index is 16.4. The molecule has 1 aliphatic rings. The second kappa shape index (κ2) is 10.8. The highest BCUT2D eigenvalue weighted by molar-refractivity contribution is 6.12. The van der Waals surface area contributed by atoms with Crippen LogP contribution in [0.2, 0.25) is 0 Å². The van der Waals surface area contributed by atoms with Gasteiger partial charge in [-0.05, 0) is 62.2 Å². The summed E-state index contributed by atoms with van der Waals surface area (Å²) in [7, 11) is 0. The van der Waals surface area contributed by atoms with Crippen molar-refractivity contribution >= 4 is 28.6 Å². The number of aliphatic hydroxyl groups excluding tert-OH is 1. The molecule has 0 spiro atoms. The number of halogens is 1. The molecule has 3 aromatic heterocycles. The monoisotopic (exact) mass is 581 g/mol. The highest BCUT2D eigenvalue weighted by Crippen LogP contribution is 2.47. The van der Waals surface area contributed by atoms with Crippen LogP contribution in [0.3, 0.4) is 0 Å². The van der Waals surface area contributed by atoms with E-state index in [1.54, 1.807) is 45.0 Å². The van der Waals surface area contributed by atoms with Crippen LogP contribution in [-0.2, 0) is 11.3 Å². The number of carbonyl (C=O) groups excluding carboxylic acids is 1. The van der Waals surface area contributed by atoms with Gasteiger partial charge in [-0.25, -0.2) is 29.1 Å². The fraction of sp³-hybridized carbons (Fsp3) is 0.194. The molecule has 0 saturated carbocycles. The molecule has 11 nitrogen and oxygen atoms in total. The van der Waals surface area contributed by atoms with E-state index in [2.05, 4.69) is 36.8 Å². The van der Waals surface area contributed by atoms with Gasteiger partial charge in [-0.1, -0.05) is 24.8 Å². The first-order chi connectivity index (χ1) is 20.6. The molecule has 5 aromatic rings. The standard InChI is InChI=1S/C31H28FN7O4/c1-5-22(40)37-18-9-7-17(8-10-18)26-23-19-11-12-21(42-29-33-13-6-14-34-29)25(32)20(19)15-39(30(41)43-31(2,3)4)28-24(23)27(38-26)35-16-36-28/h5-14,16,22,37,40H,1,15H2,2-4H3,(H,35,36,38). The number of aromatic amines is 1. The summed E-state index contributed by atoms with van der Waals surface area (Å²) in [5.41, 5.74) is 3.03. The first-order valence-electron chi connectivity index (χ1n) is 13.4. The number of nitrogens with zero attached hydrogens (tertiary/aromatic N) is 5. The topological polar surface area (TPSA) is 138 Å². The van der Waals surface area contributed by atoms with Crippen LogP contribution in [0.5, 0.6) is 11.8 Å². The summed E-state index contributed by atoms with van der Waals surface area (Å²) < 4.78 is 27.8. The lowest BCUT2D eigenvalue weighted by Gasteiger charge is -2.26. The Morgan fingerprint density at radius 3 is 2.58 bits per heavy atom. The molecule has 218 valence electrons. The second-order valence-electron chi connectivity index (χ2n) is 10.8. The predicted octanol–water partition coefficient (Wildman–Crippen LogP) is 6.18. The fourth-order valence-electron chi connectivity index (χ4n) is 4.87. The zero-order valence-corrected chi connectivity index (χ0v) is 23.6. The van der Waals surface area contributed by atoms with Crippen molar-refractivity contribution in [1.82, 2.24) is 24.9 Å². The van der Waals surface area contributed by atoms with Crippen LogP contribution in [-0.4, -0.2) is 47.9 Å². The summed E-state index contributed by atoms with van der Waals surface area (Å²) in [6.07, 6.45) is 4.10. The first kappa shape index (κ1) is 27.8. The maximum absolute atomic E-state index is 16.4. The minimum atomic E-state index is -0.909. The summed E-state index contributed by atoms with van der Waals surface area (Å²) in [6.45, 7) is 8.65. The van der Waals surface area contributed by atoms with Gasteiger partial charge >= 0.3 is 12.1 Å². The Morgan fingerprint density at radius 1 is 1.14 bits per heavy atom. The van der Waals surface area contributed by atoms with E-state index in [9.17, 15) is 9.90 Å². The molecule has 3 N–H and O–H groups in total. The van der Waals surface area contributed by atoms with Crippen molar-refractivity contribution < 1.29 is 23.8 Å². The highest BCUT2D eigenvalue weighted by atomic mass is 19.1. The van der Waals surface area contributed by atoms with E-state index < -0.39 is 23.7 Å². The van der Waals surface area contributed by atoms with Gasteiger partial charge < -0.3 is 24.9 Å². The van der Waals surface area contributed by atoms with E-state index in [0.717, 1.165) is 5.56 Å². The fourth-order valence-corrected chi connectivity index (χ4v) is 4.87. The van der Waals surface area contributed by atoms with Crippen molar-refractivity contribution in [1.29, 1.82) is 0 Å². The average Bonchev–Trinajstić information content (AvgIpc) is 3.29. The lowest BCUT2D eigenvalue weighted by molar-refractivity contribution is 0.0576. The lowest BCUT2D eigenvalue weighted by Crippen LogP contribution is -2.37. The predicted molar refractivity (Wildman–Crippen MR) is 159 cm³/mol. The summed E-state index contributed by atoms with van der Waals surface area (Å²) in [6, 6.07) is 12.1. The van der Waals surface area contributed by atoms with Crippen molar-refractivity contribution in [3.05, 3.63) is 85.2 Å². The van der Waals surface area contributed by atoms with Gasteiger partial charge in [0, 0.05) is 29.2 Å². The quantitative estimate of drug-likeness (QED) is 0.158.